The lowest BCUT2D eigenvalue weighted by Gasteiger charge is -2.22. The lowest BCUT2D eigenvalue weighted by atomic mass is 9.99. The van der Waals surface area contributed by atoms with Crippen molar-refractivity contribution in [3.8, 4) is 16.8 Å². The predicted octanol–water partition coefficient (Wildman–Crippen LogP) is 3.93. The Morgan fingerprint density at radius 1 is 1.08 bits per heavy atom. The van der Waals surface area contributed by atoms with Gasteiger partial charge in [0.1, 0.15) is 17.8 Å². The molecule has 0 unspecified atom stereocenters. The van der Waals surface area contributed by atoms with Crippen LogP contribution in [0.2, 0.25) is 0 Å². The molecule has 4 heterocycles. The van der Waals surface area contributed by atoms with Gasteiger partial charge in [-0.1, -0.05) is 36.4 Å². The van der Waals surface area contributed by atoms with Crippen molar-refractivity contribution < 1.29 is 4.79 Å². The summed E-state index contributed by atoms with van der Waals surface area (Å²) in [6.07, 6.45) is 6.58. The number of amides is 1. The van der Waals surface area contributed by atoms with Crippen molar-refractivity contribution in [2.45, 2.75) is 13.0 Å². The number of carbonyl (C=O) groups excluding carboxylic acids is 1. The largest absolute Gasteiger partial charge is 0.366 e. The number of pyridine rings is 1. The number of benzene rings is 2. The van der Waals surface area contributed by atoms with Crippen molar-refractivity contribution in [3.63, 3.8) is 0 Å². The molecule has 0 aliphatic heterocycles. The summed E-state index contributed by atoms with van der Waals surface area (Å²) in [6.45, 7) is 1.94. The number of nitrogens with one attached hydrogen (secondary N) is 2. The van der Waals surface area contributed by atoms with Gasteiger partial charge < -0.3 is 16.0 Å². The average Bonchev–Trinajstić information content (AvgIpc) is 3.56. The molecule has 0 fully saturated rings. The zero-order valence-corrected chi connectivity index (χ0v) is 20.7. The summed E-state index contributed by atoms with van der Waals surface area (Å²) in [5, 5.41) is 9.58. The molecular weight excluding hydrogens is 480 g/mol. The van der Waals surface area contributed by atoms with Crippen molar-refractivity contribution in [1.29, 1.82) is 0 Å². The number of aromatic nitrogens is 6. The maximum absolute atomic E-state index is 14.2. The van der Waals surface area contributed by atoms with Crippen LogP contribution in [-0.4, -0.2) is 35.2 Å². The summed E-state index contributed by atoms with van der Waals surface area (Å²) in [5.74, 6) is -0.148. The number of H-pyrrole nitrogens is 1. The summed E-state index contributed by atoms with van der Waals surface area (Å²) >= 11 is 0. The number of anilines is 1. The Hall–Kier alpha value is -5.25. The van der Waals surface area contributed by atoms with E-state index in [1.165, 1.54) is 12.5 Å². The zero-order chi connectivity index (χ0) is 26.4. The minimum Gasteiger partial charge on any atom is -0.366 e. The van der Waals surface area contributed by atoms with Crippen LogP contribution in [0.5, 0.6) is 0 Å². The van der Waals surface area contributed by atoms with E-state index in [0.29, 0.717) is 22.2 Å². The second-order valence-corrected chi connectivity index (χ2v) is 9.10. The van der Waals surface area contributed by atoms with Crippen LogP contribution < -0.4 is 16.6 Å². The van der Waals surface area contributed by atoms with Crippen LogP contribution in [0, 0.1) is 0 Å². The first-order valence-corrected chi connectivity index (χ1v) is 12.0. The number of nitrogens with zero attached hydrogens (tertiary/aromatic N) is 5. The van der Waals surface area contributed by atoms with E-state index in [9.17, 15) is 9.59 Å². The number of primary amides is 1. The molecule has 0 saturated heterocycles. The van der Waals surface area contributed by atoms with Gasteiger partial charge in [0.15, 0.2) is 0 Å². The first-order chi connectivity index (χ1) is 18.4. The molecule has 1 atom stereocenters. The first-order valence-electron chi connectivity index (χ1n) is 12.0. The molecule has 0 spiro atoms. The highest BCUT2D eigenvalue weighted by Gasteiger charge is 2.21. The lowest BCUT2D eigenvalue weighted by Crippen LogP contribution is -2.26. The summed E-state index contributed by atoms with van der Waals surface area (Å²) in [4.78, 5) is 37.8. The normalized spacial score (nSPS) is 12.2. The SMILES string of the molecule is C[C@H](Nc1ncnc2[nH]cc(C(N)=O)c12)c1cc2cccc(-c3cnn(C)c3)c2c(=O)n1-c1ccccc1. The quantitative estimate of drug-likeness (QED) is 0.314. The Morgan fingerprint density at radius 3 is 2.63 bits per heavy atom. The van der Waals surface area contributed by atoms with Crippen molar-refractivity contribution in [3.05, 3.63) is 101 Å². The third-order valence-corrected chi connectivity index (χ3v) is 6.64. The summed E-state index contributed by atoms with van der Waals surface area (Å²) < 4.78 is 3.43. The van der Waals surface area contributed by atoms with E-state index >= 15 is 0 Å². The molecule has 4 N–H and O–H groups in total. The standard InChI is InChI=1S/C28H24N8O2/c1-16(34-27-24-21(25(29)37)13-30-26(24)31-15-32-27)22-11-17-7-6-10-20(18-12-33-35(2)14-18)23(17)28(38)36(22)19-8-4-3-5-9-19/h3-16H,1-2H3,(H2,29,37)(H2,30,31,32,34)/t16-/m0/s1. The third kappa shape index (κ3) is 3.79. The fraction of sp³-hybridized carbons (Fsp3) is 0.107. The van der Waals surface area contributed by atoms with E-state index in [1.807, 2.05) is 74.8 Å². The van der Waals surface area contributed by atoms with Crippen LogP contribution in [0.25, 0.3) is 38.6 Å². The van der Waals surface area contributed by atoms with E-state index in [4.69, 9.17) is 5.73 Å². The van der Waals surface area contributed by atoms with Crippen LogP contribution in [0.4, 0.5) is 5.82 Å². The van der Waals surface area contributed by atoms with E-state index in [0.717, 1.165) is 27.9 Å². The summed E-state index contributed by atoms with van der Waals surface area (Å²) in [5.41, 5.74) is 9.35. The monoisotopic (exact) mass is 504 g/mol. The second-order valence-electron chi connectivity index (χ2n) is 9.10. The molecule has 1 amide bonds. The van der Waals surface area contributed by atoms with E-state index in [2.05, 4.69) is 25.4 Å². The third-order valence-electron chi connectivity index (χ3n) is 6.64. The Bertz CT molecular complexity index is 1880. The fourth-order valence-electron chi connectivity index (χ4n) is 4.89. The van der Waals surface area contributed by atoms with Crippen LogP contribution in [0.15, 0.2) is 84.3 Å². The molecule has 4 aromatic heterocycles. The van der Waals surface area contributed by atoms with Gasteiger partial charge in [0.2, 0.25) is 0 Å². The maximum Gasteiger partial charge on any atom is 0.263 e. The van der Waals surface area contributed by atoms with Crippen LogP contribution in [0.3, 0.4) is 0 Å². The number of aromatic amines is 1. The number of carbonyl (C=O) groups is 1. The number of rotatable bonds is 6. The topological polar surface area (TPSA) is 137 Å². The minimum absolute atomic E-state index is 0.149. The van der Waals surface area contributed by atoms with Crippen molar-refractivity contribution in [1.82, 2.24) is 29.3 Å². The molecular formula is C28H24N8O2. The molecule has 0 aliphatic carbocycles. The van der Waals surface area contributed by atoms with E-state index < -0.39 is 5.91 Å². The van der Waals surface area contributed by atoms with Crippen molar-refractivity contribution in [2.75, 3.05) is 5.32 Å². The molecule has 6 aromatic rings. The van der Waals surface area contributed by atoms with Gasteiger partial charge in [-0.25, -0.2) is 9.97 Å². The molecule has 10 heteroatoms. The highest BCUT2D eigenvalue weighted by atomic mass is 16.1. The Kier molecular flexibility index (Phi) is 5.49. The molecule has 2 aromatic carbocycles. The Labute approximate surface area is 216 Å². The van der Waals surface area contributed by atoms with Crippen molar-refractivity contribution in [2.24, 2.45) is 12.8 Å². The lowest BCUT2D eigenvalue weighted by molar-refractivity contribution is 0.100. The molecule has 0 radical (unpaired) electrons. The van der Waals surface area contributed by atoms with Gasteiger partial charge in [-0.3, -0.25) is 18.8 Å². The van der Waals surface area contributed by atoms with Gasteiger partial charge in [-0.05, 0) is 36.1 Å². The highest BCUT2D eigenvalue weighted by Crippen LogP contribution is 2.31. The van der Waals surface area contributed by atoms with E-state index in [1.54, 1.807) is 15.4 Å². The Balaban J connectivity index is 1.56. The molecule has 6 rings (SSSR count). The molecule has 0 saturated carbocycles. The van der Waals surface area contributed by atoms with Gasteiger partial charge in [0.25, 0.3) is 11.5 Å². The number of aryl methyl sites for hydroxylation is 1. The number of nitrogens with two attached hydrogens (primary N) is 1. The number of hydrogen-bond acceptors (Lipinski definition) is 6. The average molecular weight is 505 g/mol. The number of fused-ring (bicyclic) bond motifs is 2. The Morgan fingerprint density at radius 2 is 1.89 bits per heavy atom. The molecule has 0 bridgehead atoms. The highest BCUT2D eigenvalue weighted by molar-refractivity contribution is 6.09. The number of hydrogen-bond donors (Lipinski definition) is 3. The number of para-hydroxylation sites is 1. The van der Waals surface area contributed by atoms with Gasteiger partial charge in [0, 0.05) is 36.4 Å². The van der Waals surface area contributed by atoms with E-state index in [-0.39, 0.29) is 17.2 Å². The summed E-state index contributed by atoms with van der Waals surface area (Å²) in [6, 6.07) is 16.9. The van der Waals surface area contributed by atoms with Crippen LogP contribution >= 0.6 is 0 Å². The smallest absolute Gasteiger partial charge is 0.263 e. The molecule has 10 nitrogen and oxygen atoms in total. The van der Waals surface area contributed by atoms with Gasteiger partial charge in [-0.2, -0.15) is 5.10 Å². The predicted molar refractivity (Wildman–Crippen MR) is 146 cm³/mol. The van der Waals surface area contributed by atoms with Gasteiger partial charge >= 0.3 is 0 Å². The maximum atomic E-state index is 14.2. The van der Waals surface area contributed by atoms with Gasteiger partial charge in [0.05, 0.1) is 28.6 Å². The fourth-order valence-corrected chi connectivity index (χ4v) is 4.89. The first kappa shape index (κ1) is 23.2. The molecule has 0 aliphatic rings. The summed E-state index contributed by atoms with van der Waals surface area (Å²) in [7, 11) is 1.85. The minimum atomic E-state index is -0.586. The van der Waals surface area contributed by atoms with Crippen LogP contribution in [-0.2, 0) is 7.05 Å². The van der Waals surface area contributed by atoms with Gasteiger partial charge in [-0.15, -0.1) is 0 Å². The zero-order valence-electron chi connectivity index (χ0n) is 20.7. The van der Waals surface area contributed by atoms with Crippen molar-refractivity contribution >= 4 is 33.5 Å². The molecule has 38 heavy (non-hydrogen) atoms. The second kappa shape index (κ2) is 9.00. The van der Waals surface area contributed by atoms with Crippen LogP contribution in [0.1, 0.15) is 29.0 Å². The molecule has 188 valence electrons.